The first-order valence-electron chi connectivity index (χ1n) is 11.6. The normalized spacial score (nSPS) is 12.8. The van der Waals surface area contributed by atoms with Crippen molar-refractivity contribution >= 4 is 21.2 Å². The van der Waals surface area contributed by atoms with Gasteiger partial charge in [-0.05, 0) is 59.7 Å². The zero-order chi connectivity index (χ0) is 31.0. The lowest BCUT2D eigenvalue weighted by Gasteiger charge is -2.26. The minimum Gasteiger partial charge on any atom is -0.406 e. The molecule has 0 aliphatic rings. The summed E-state index contributed by atoms with van der Waals surface area (Å²) < 4.78 is 122. The highest BCUT2D eigenvalue weighted by Crippen LogP contribution is 2.37. The molecule has 0 fully saturated rings. The number of ether oxygens (including phenoxy) is 1. The Balaban J connectivity index is 1.88. The Morgan fingerprint density at radius 3 is 2.21 bits per heavy atom. The van der Waals surface area contributed by atoms with Crippen LogP contribution >= 0.6 is 0 Å². The van der Waals surface area contributed by atoms with Crippen molar-refractivity contribution in [1.29, 1.82) is 0 Å². The van der Waals surface area contributed by atoms with Crippen LogP contribution in [-0.2, 0) is 16.0 Å². The predicted molar refractivity (Wildman–Crippen MR) is 139 cm³/mol. The molecule has 4 N–H and O–H groups in total. The van der Waals surface area contributed by atoms with E-state index in [1.165, 1.54) is 42.5 Å². The number of hydrazine groups is 1. The third-order valence-electron chi connectivity index (χ3n) is 5.83. The van der Waals surface area contributed by atoms with E-state index in [9.17, 15) is 34.8 Å². The number of hydrogen-bond donors (Lipinski definition) is 2. The Morgan fingerprint density at radius 1 is 1.00 bits per heavy atom. The smallest absolute Gasteiger partial charge is 0.406 e. The van der Waals surface area contributed by atoms with E-state index in [1.807, 2.05) is 0 Å². The molecule has 16 heteroatoms. The Bertz CT molecular complexity index is 1750. The molecule has 4 rings (SSSR count). The summed E-state index contributed by atoms with van der Waals surface area (Å²) in [6, 6.07) is 12.0. The van der Waals surface area contributed by atoms with Gasteiger partial charge in [0.25, 0.3) is 0 Å². The van der Waals surface area contributed by atoms with Crippen molar-refractivity contribution in [3.05, 3.63) is 96.5 Å². The number of sulfone groups is 1. The van der Waals surface area contributed by atoms with Crippen LogP contribution in [-0.4, -0.2) is 30.6 Å². The SMILES string of the molecule is CS(=O)(=O)c1cccc(-c2cc(F)c(-n3cnc(C(F)(F)F)c3)c(N(N)/C(=C\N)c3ccc(OC(F)(F)F)cc3)c2)c1. The molecule has 1 heterocycles. The lowest BCUT2D eigenvalue weighted by Crippen LogP contribution is -2.31. The maximum atomic E-state index is 15.8. The average Bonchev–Trinajstić information content (AvgIpc) is 3.39. The molecule has 0 spiro atoms. The monoisotopic (exact) mass is 615 g/mol. The van der Waals surface area contributed by atoms with Crippen molar-refractivity contribution < 1.29 is 43.9 Å². The largest absolute Gasteiger partial charge is 0.573 e. The highest BCUT2D eigenvalue weighted by molar-refractivity contribution is 7.90. The predicted octanol–water partition coefficient (Wildman–Crippen LogP) is 5.64. The van der Waals surface area contributed by atoms with E-state index in [0.29, 0.717) is 6.20 Å². The van der Waals surface area contributed by atoms with Crippen molar-refractivity contribution in [2.45, 2.75) is 17.4 Å². The highest BCUT2D eigenvalue weighted by Gasteiger charge is 2.34. The lowest BCUT2D eigenvalue weighted by molar-refractivity contribution is -0.274. The van der Waals surface area contributed by atoms with E-state index in [2.05, 4.69) is 9.72 Å². The van der Waals surface area contributed by atoms with E-state index in [0.717, 1.165) is 46.6 Å². The van der Waals surface area contributed by atoms with Crippen LogP contribution in [0.3, 0.4) is 0 Å². The fraction of sp³-hybridized carbons (Fsp3) is 0.115. The third kappa shape index (κ3) is 6.66. The highest BCUT2D eigenvalue weighted by atomic mass is 32.2. The number of hydrogen-bond acceptors (Lipinski definition) is 7. The van der Waals surface area contributed by atoms with Crippen LogP contribution in [0.4, 0.5) is 36.4 Å². The number of benzene rings is 3. The molecular weight excluding hydrogens is 595 g/mol. The van der Waals surface area contributed by atoms with E-state index in [-0.39, 0.29) is 33.0 Å². The average molecular weight is 616 g/mol. The quantitative estimate of drug-likeness (QED) is 0.157. The van der Waals surface area contributed by atoms with E-state index >= 15 is 4.39 Å². The second kappa shape index (κ2) is 11.0. The standard InChI is InChI=1S/C26H20F7N5O3S/c1-42(39,40)19-4-2-3-16(9-19)17-10-20(27)24(37-13-23(36-14-37)25(28,29)30)21(11-17)38(35)22(12-34)15-5-7-18(8-6-15)41-26(31,32)33/h2-14H,34-35H2,1H3/b22-12-. The summed E-state index contributed by atoms with van der Waals surface area (Å²) in [6.45, 7) is 0. The number of alkyl halides is 6. The van der Waals surface area contributed by atoms with Crippen molar-refractivity contribution in [2.24, 2.45) is 11.6 Å². The number of anilines is 1. The maximum absolute atomic E-state index is 15.8. The van der Waals surface area contributed by atoms with Gasteiger partial charge in [0.1, 0.15) is 23.6 Å². The molecule has 0 saturated heterocycles. The molecular formula is C26H20F7N5O3S. The second-order valence-electron chi connectivity index (χ2n) is 8.78. The topological polar surface area (TPSA) is 116 Å². The van der Waals surface area contributed by atoms with Gasteiger partial charge in [-0.1, -0.05) is 12.1 Å². The molecule has 0 aliphatic carbocycles. The van der Waals surface area contributed by atoms with Crippen molar-refractivity contribution in [2.75, 3.05) is 11.3 Å². The molecule has 3 aromatic carbocycles. The Morgan fingerprint density at radius 2 is 1.67 bits per heavy atom. The van der Waals surface area contributed by atoms with Crippen molar-refractivity contribution in [3.63, 3.8) is 0 Å². The van der Waals surface area contributed by atoms with E-state index in [4.69, 9.17) is 11.6 Å². The van der Waals surface area contributed by atoms with Gasteiger partial charge >= 0.3 is 12.5 Å². The van der Waals surface area contributed by atoms with Crippen LogP contribution in [0.2, 0.25) is 0 Å². The summed E-state index contributed by atoms with van der Waals surface area (Å²) in [7, 11) is -3.65. The van der Waals surface area contributed by atoms with Crippen LogP contribution in [0.1, 0.15) is 11.3 Å². The molecule has 0 saturated carbocycles. The minimum absolute atomic E-state index is 0.0798. The van der Waals surface area contributed by atoms with Gasteiger partial charge in [-0.15, -0.1) is 13.2 Å². The maximum Gasteiger partial charge on any atom is 0.573 e. The summed E-state index contributed by atoms with van der Waals surface area (Å²) in [6.07, 6.45) is -6.61. The molecule has 42 heavy (non-hydrogen) atoms. The Hall–Kier alpha value is -4.57. The molecule has 4 aromatic rings. The van der Waals surface area contributed by atoms with Gasteiger partial charge in [-0.2, -0.15) is 13.2 Å². The summed E-state index contributed by atoms with van der Waals surface area (Å²) in [4.78, 5) is 3.21. The summed E-state index contributed by atoms with van der Waals surface area (Å²) in [5, 5.41) is 0.815. The molecule has 0 aliphatic heterocycles. The molecule has 0 atom stereocenters. The first kappa shape index (κ1) is 30.4. The van der Waals surface area contributed by atoms with Gasteiger partial charge in [-0.25, -0.2) is 23.6 Å². The van der Waals surface area contributed by atoms with Gasteiger partial charge in [-0.3, -0.25) is 5.01 Å². The molecule has 0 bridgehead atoms. The van der Waals surface area contributed by atoms with Gasteiger partial charge in [0, 0.05) is 24.2 Å². The molecule has 0 amide bonds. The minimum atomic E-state index is -4.95. The number of aromatic nitrogens is 2. The number of imidazole rings is 1. The number of nitrogens with two attached hydrogens (primary N) is 2. The lowest BCUT2D eigenvalue weighted by atomic mass is 10.0. The molecule has 0 radical (unpaired) electrons. The second-order valence-corrected chi connectivity index (χ2v) is 10.8. The summed E-state index contributed by atoms with van der Waals surface area (Å²) in [5.74, 6) is 4.70. The molecule has 222 valence electrons. The Labute approximate surface area is 234 Å². The van der Waals surface area contributed by atoms with Crippen LogP contribution in [0.5, 0.6) is 5.75 Å². The van der Waals surface area contributed by atoms with Gasteiger partial charge in [0.05, 0.1) is 16.3 Å². The van der Waals surface area contributed by atoms with Crippen LogP contribution in [0.25, 0.3) is 22.5 Å². The van der Waals surface area contributed by atoms with Crippen LogP contribution in [0, 0.1) is 5.82 Å². The first-order valence-corrected chi connectivity index (χ1v) is 13.5. The van der Waals surface area contributed by atoms with Crippen molar-refractivity contribution in [1.82, 2.24) is 9.55 Å². The first-order chi connectivity index (χ1) is 19.5. The fourth-order valence-electron chi connectivity index (χ4n) is 3.96. The molecule has 1 aromatic heterocycles. The number of nitrogens with zero attached hydrogens (tertiary/aromatic N) is 3. The zero-order valence-corrected chi connectivity index (χ0v) is 22.1. The van der Waals surface area contributed by atoms with Gasteiger partial charge in [0.15, 0.2) is 15.5 Å². The van der Waals surface area contributed by atoms with E-state index in [1.54, 1.807) is 0 Å². The third-order valence-corrected chi connectivity index (χ3v) is 6.94. The van der Waals surface area contributed by atoms with E-state index < -0.39 is 45.3 Å². The van der Waals surface area contributed by atoms with Crippen LogP contribution < -0.4 is 21.3 Å². The zero-order valence-electron chi connectivity index (χ0n) is 21.3. The summed E-state index contributed by atoms with van der Waals surface area (Å²) >= 11 is 0. The van der Waals surface area contributed by atoms with Gasteiger partial charge < -0.3 is 15.0 Å². The Kier molecular flexibility index (Phi) is 7.97. The fourth-order valence-corrected chi connectivity index (χ4v) is 4.63. The number of halogens is 7. The summed E-state index contributed by atoms with van der Waals surface area (Å²) in [5.41, 5.74) is 4.06. The van der Waals surface area contributed by atoms with Crippen LogP contribution in [0.15, 0.2) is 84.3 Å². The molecule has 8 nitrogen and oxygen atoms in total. The van der Waals surface area contributed by atoms with Gasteiger partial charge in [0.2, 0.25) is 0 Å². The number of rotatable bonds is 7. The molecule has 0 unspecified atom stereocenters. The van der Waals surface area contributed by atoms with Crippen molar-refractivity contribution in [3.8, 4) is 22.6 Å².